The van der Waals surface area contributed by atoms with Crippen LogP contribution in [0, 0.1) is 0 Å². The molecule has 0 fully saturated rings. The molecule has 110 valence electrons. The molecule has 4 nitrogen and oxygen atoms in total. The van der Waals surface area contributed by atoms with Crippen LogP contribution in [0.3, 0.4) is 0 Å². The number of halogens is 3. The van der Waals surface area contributed by atoms with E-state index in [1.54, 1.807) is 4.57 Å². The number of anilines is 1. The summed E-state index contributed by atoms with van der Waals surface area (Å²) >= 11 is 0. The van der Waals surface area contributed by atoms with Crippen LogP contribution in [0.5, 0.6) is 0 Å². The van der Waals surface area contributed by atoms with Gasteiger partial charge in [-0.25, -0.2) is 4.98 Å². The summed E-state index contributed by atoms with van der Waals surface area (Å²) in [5.41, 5.74) is 5.99. The SMILES string of the molecule is CN(C)CCCn1c(N)nc2cc(C(F)(F)F)ccc21. The first-order valence-corrected chi connectivity index (χ1v) is 6.26. The van der Waals surface area contributed by atoms with Gasteiger partial charge in [0.1, 0.15) is 0 Å². The molecule has 0 bridgehead atoms. The highest BCUT2D eigenvalue weighted by Crippen LogP contribution is 2.31. The van der Waals surface area contributed by atoms with Crippen molar-refractivity contribution in [1.29, 1.82) is 0 Å². The van der Waals surface area contributed by atoms with Crippen molar-refractivity contribution in [2.75, 3.05) is 26.4 Å². The second-order valence-corrected chi connectivity index (χ2v) is 4.98. The van der Waals surface area contributed by atoms with Crippen LogP contribution >= 0.6 is 0 Å². The monoisotopic (exact) mass is 286 g/mol. The molecule has 2 aromatic rings. The Bertz CT molecular complexity index is 601. The van der Waals surface area contributed by atoms with Gasteiger partial charge in [0.25, 0.3) is 0 Å². The summed E-state index contributed by atoms with van der Waals surface area (Å²) < 4.78 is 39.7. The fraction of sp³-hybridized carbons (Fsp3) is 0.462. The van der Waals surface area contributed by atoms with Gasteiger partial charge in [0.15, 0.2) is 0 Å². The predicted molar refractivity (Wildman–Crippen MR) is 72.3 cm³/mol. The highest BCUT2D eigenvalue weighted by atomic mass is 19.4. The molecule has 0 saturated heterocycles. The molecule has 20 heavy (non-hydrogen) atoms. The van der Waals surface area contributed by atoms with Crippen LogP contribution in [0.1, 0.15) is 12.0 Å². The van der Waals surface area contributed by atoms with E-state index in [0.717, 1.165) is 25.1 Å². The Balaban J connectivity index is 2.30. The number of fused-ring (bicyclic) bond motifs is 1. The highest BCUT2D eigenvalue weighted by molar-refractivity contribution is 5.79. The van der Waals surface area contributed by atoms with Crippen molar-refractivity contribution in [2.45, 2.75) is 19.1 Å². The Morgan fingerprint density at radius 2 is 2.00 bits per heavy atom. The summed E-state index contributed by atoms with van der Waals surface area (Å²) in [5.74, 6) is 0.248. The molecule has 0 aliphatic rings. The van der Waals surface area contributed by atoms with Crippen molar-refractivity contribution in [3.05, 3.63) is 23.8 Å². The maximum Gasteiger partial charge on any atom is 0.416 e. The van der Waals surface area contributed by atoms with Gasteiger partial charge in [0, 0.05) is 6.54 Å². The third-order valence-electron chi connectivity index (χ3n) is 3.09. The number of nitrogen functional groups attached to an aromatic ring is 1. The summed E-state index contributed by atoms with van der Waals surface area (Å²) in [4.78, 5) is 6.05. The smallest absolute Gasteiger partial charge is 0.369 e. The van der Waals surface area contributed by atoms with Crippen LogP contribution in [0.25, 0.3) is 11.0 Å². The molecule has 0 aliphatic heterocycles. The number of nitrogens with two attached hydrogens (primary N) is 1. The number of imidazole rings is 1. The first-order valence-electron chi connectivity index (χ1n) is 6.26. The van der Waals surface area contributed by atoms with Gasteiger partial charge in [-0.05, 0) is 45.3 Å². The summed E-state index contributed by atoms with van der Waals surface area (Å²) in [6.07, 6.45) is -3.51. The van der Waals surface area contributed by atoms with E-state index in [1.165, 1.54) is 6.07 Å². The Morgan fingerprint density at radius 3 is 2.60 bits per heavy atom. The number of rotatable bonds is 4. The van der Waals surface area contributed by atoms with E-state index in [4.69, 9.17) is 5.73 Å². The van der Waals surface area contributed by atoms with Gasteiger partial charge in [0.05, 0.1) is 16.6 Å². The largest absolute Gasteiger partial charge is 0.416 e. The molecule has 7 heteroatoms. The molecule has 1 heterocycles. The fourth-order valence-corrected chi connectivity index (χ4v) is 2.10. The van der Waals surface area contributed by atoms with Gasteiger partial charge in [-0.15, -0.1) is 0 Å². The molecule has 1 aromatic heterocycles. The van der Waals surface area contributed by atoms with Crippen molar-refractivity contribution >= 4 is 17.0 Å². The van der Waals surface area contributed by atoms with Gasteiger partial charge >= 0.3 is 6.18 Å². The van der Waals surface area contributed by atoms with E-state index >= 15 is 0 Å². The molecule has 0 atom stereocenters. The van der Waals surface area contributed by atoms with Crippen LogP contribution in [0.2, 0.25) is 0 Å². The quantitative estimate of drug-likeness (QED) is 0.939. The summed E-state index contributed by atoms with van der Waals surface area (Å²) in [5, 5.41) is 0. The van der Waals surface area contributed by atoms with Crippen LogP contribution in [-0.4, -0.2) is 35.1 Å². The zero-order valence-electron chi connectivity index (χ0n) is 11.4. The zero-order chi connectivity index (χ0) is 14.9. The average molecular weight is 286 g/mol. The minimum absolute atomic E-state index is 0.248. The van der Waals surface area contributed by atoms with Crippen molar-refractivity contribution < 1.29 is 13.2 Å². The molecule has 0 saturated carbocycles. The highest BCUT2D eigenvalue weighted by Gasteiger charge is 2.31. The minimum atomic E-state index is -4.36. The Morgan fingerprint density at radius 1 is 1.30 bits per heavy atom. The fourth-order valence-electron chi connectivity index (χ4n) is 2.10. The van der Waals surface area contributed by atoms with E-state index < -0.39 is 11.7 Å². The Kier molecular flexibility index (Phi) is 3.89. The number of nitrogens with zero attached hydrogens (tertiary/aromatic N) is 3. The maximum atomic E-state index is 12.6. The first-order chi connectivity index (χ1) is 9.29. The standard InChI is InChI=1S/C13H17F3N4/c1-19(2)6-3-7-20-11-5-4-9(13(14,15)16)8-10(11)18-12(20)17/h4-5,8H,3,6-7H2,1-2H3,(H2,17,18). The third kappa shape index (κ3) is 3.04. The summed E-state index contributed by atoms with van der Waals surface area (Å²) in [6, 6.07) is 3.53. The third-order valence-corrected chi connectivity index (χ3v) is 3.09. The van der Waals surface area contributed by atoms with Gasteiger partial charge in [0.2, 0.25) is 5.95 Å². The Labute approximate surface area is 115 Å². The molecule has 2 N–H and O–H groups in total. The second kappa shape index (κ2) is 5.32. The van der Waals surface area contributed by atoms with Crippen molar-refractivity contribution in [3.63, 3.8) is 0 Å². The molecule has 0 spiro atoms. The normalized spacial score (nSPS) is 12.5. The second-order valence-electron chi connectivity index (χ2n) is 4.98. The summed E-state index contributed by atoms with van der Waals surface area (Å²) in [6.45, 7) is 1.51. The number of hydrogen-bond donors (Lipinski definition) is 1. The van der Waals surface area contributed by atoms with Crippen LogP contribution < -0.4 is 5.73 Å². The average Bonchev–Trinajstić information content (AvgIpc) is 2.63. The Hall–Kier alpha value is -1.76. The molecule has 1 aromatic carbocycles. The van der Waals surface area contributed by atoms with Crippen LogP contribution in [0.4, 0.5) is 19.1 Å². The van der Waals surface area contributed by atoms with E-state index in [9.17, 15) is 13.2 Å². The van der Waals surface area contributed by atoms with E-state index in [1.807, 2.05) is 19.0 Å². The van der Waals surface area contributed by atoms with Crippen molar-refractivity contribution in [2.24, 2.45) is 0 Å². The molecule has 0 aliphatic carbocycles. The first kappa shape index (κ1) is 14.6. The van der Waals surface area contributed by atoms with Crippen LogP contribution in [0.15, 0.2) is 18.2 Å². The lowest BCUT2D eigenvalue weighted by atomic mass is 10.2. The minimum Gasteiger partial charge on any atom is -0.369 e. The maximum absolute atomic E-state index is 12.6. The zero-order valence-corrected chi connectivity index (χ0v) is 11.4. The van der Waals surface area contributed by atoms with Gasteiger partial charge in [-0.2, -0.15) is 13.2 Å². The number of benzene rings is 1. The lowest BCUT2D eigenvalue weighted by molar-refractivity contribution is -0.137. The van der Waals surface area contributed by atoms with Gasteiger partial charge < -0.3 is 15.2 Å². The number of aryl methyl sites for hydroxylation is 1. The van der Waals surface area contributed by atoms with Gasteiger partial charge in [-0.1, -0.05) is 0 Å². The lowest BCUT2D eigenvalue weighted by Gasteiger charge is -2.11. The van der Waals surface area contributed by atoms with E-state index in [2.05, 4.69) is 4.98 Å². The molecule has 0 amide bonds. The lowest BCUT2D eigenvalue weighted by Crippen LogP contribution is -2.15. The van der Waals surface area contributed by atoms with Gasteiger partial charge in [-0.3, -0.25) is 0 Å². The van der Waals surface area contributed by atoms with E-state index in [-0.39, 0.29) is 11.5 Å². The molecule has 2 rings (SSSR count). The topological polar surface area (TPSA) is 47.1 Å². The number of aromatic nitrogens is 2. The van der Waals surface area contributed by atoms with Crippen molar-refractivity contribution in [3.8, 4) is 0 Å². The van der Waals surface area contributed by atoms with Crippen LogP contribution in [-0.2, 0) is 12.7 Å². The summed E-state index contributed by atoms with van der Waals surface area (Å²) in [7, 11) is 3.93. The number of hydrogen-bond acceptors (Lipinski definition) is 3. The van der Waals surface area contributed by atoms with Crippen molar-refractivity contribution in [1.82, 2.24) is 14.5 Å². The molecular formula is C13H17F3N4. The molecular weight excluding hydrogens is 269 g/mol. The predicted octanol–water partition coefficient (Wildman–Crippen LogP) is 2.59. The molecule has 0 unspecified atom stereocenters. The molecule has 0 radical (unpaired) electrons. The van der Waals surface area contributed by atoms with E-state index in [0.29, 0.717) is 12.1 Å². The number of alkyl halides is 3.